The van der Waals surface area contributed by atoms with Crippen LogP contribution in [0.25, 0.3) is 0 Å². The fraction of sp³-hybridized carbons (Fsp3) is 1.00. The minimum Gasteiger partial charge on any atom is -0.365 e. The van der Waals surface area contributed by atoms with Crippen molar-refractivity contribution in [2.75, 3.05) is 0 Å². The van der Waals surface area contributed by atoms with Gasteiger partial charge in [0.25, 0.3) is 0 Å². The summed E-state index contributed by atoms with van der Waals surface area (Å²) in [6.07, 6.45) is 9.91. The molecule has 3 nitrogen and oxygen atoms in total. The lowest BCUT2D eigenvalue weighted by Gasteiger charge is -2.37. The van der Waals surface area contributed by atoms with Crippen LogP contribution in [0.4, 0.5) is 0 Å². The molecule has 4 heteroatoms. The summed E-state index contributed by atoms with van der Waals surface area (Å²) in [5, 5.41) is 11.1. The Morgan fingerprint density at radius 2 is 1.90 bits per heavy atom. The number of fused-ring (bicyclic) bond motifs is 2. The van der Waals surface area contributed by atoms with E-state index in [2.05, 4.69) is 29.5 Å². The predicted molar refractivity (Wildman–Crippen MR) is 89.1 cm³/mol. The van der Waals surface area contributed by atoms with E-state index in [0.29, 0.717) is 33.7 Å². The largest absolute Gasteiger partial charge is 0.365 e. The molecule has 8 atom stereocenters. The average Bonchev–Trinajstić information content (AvgIpc) is 3.12. The van der Waals surface area contributed by atoms with Gasteiger partial charge in [0.1, 0.15) is 0 Å². The second-order valence-corrected chi connectivity index (χ2v) is 9.00. The summed E-state index contributed by atoms with van der Waals surface area (Å²) in [4.78, 5) is 0. The molecule has 2 saturated carbocycles. The number of halogens is 1. The van der Waals surface area contributed by atoms with Gasteiger partial charge in [-0.1, -0.05) is 61.6 Å². The van der Waals surface area contributed by atoms with Crippen LogP contribution in [-0.2, 0) is 9.47 Å². The summed E-state index contributed by atoms with van der Waals surface area (Å²) in [6.45, 7) is 2.25. The standard InChI is InChI=1S/C17H27IO3/c1-2-3-4-5-6-7-8-17(19)13-11-9-10-12(13)16(21-17)20-15(10)14(11)18/h10-16,19H,2-9H2,1H3/t10-,11+,12-,13?,14+,15+,16+,17+/m1/s1. The van der Waals surface area contributed by atoms with Crippen LogP contribution in [0, 0.1) is 23.7 Å². The van der Waals surface area contributed by atoms with Gasteiger partial charge in [-0.25, -0.2) is 0 Å². The minimum absolute atomic E-state index is 0.111. The van der Waals surface area contributed by atoms with Gasteiger partial charge in [0, 0.05) is 22.2 Å². The van der Waals surface area contributed by atoms with Crippen molar-refractivity contribution in [1.82, 2.24) is 0 Å². The van der Waals surface area contributed by atoms with Crippen molar-refractivity contribution < 1.29 is 14.6 Å². The van der Waals surface area contributed by atoms with E-state index in [1.54, 1.807) is 0 Å². The zero-order valence-corrected chi connectivity index (χ0v) is 15.0. The second-order valence-electron chi connectivity index (χ2n) is 7.56. The van der Waals surface area contributed by atoms with Gasteiger partial charge in [0.15, 0.2) is 12.1 Å². The number of ether oxygens (including phenoxy) is 2. The fourth-order valence-electron chi connectivity index (χ4n) is 5.53. The van der Waals surface area contributed by atoms with Gasteiger partial charge in [-0.3, -0.25) is 0 Å². The highest BCUT2D eigenvalue weighted by Gasteiger charge is 2.74. The maximum atomic E-state index is 11.1. The summed E-state index contributed by atoms with van der Waals surface area (Å²) >= 11 is 2.56. The van der Waals surface area contributed by atoms with Crippen LogP contribution in [0.3, 0.4) is 0 Å². The number of rotatable bonds is 7. The topological polar surface area (TPSA) is 38.7 Å². The summed E-state index contributed by atoms with van der Waals surface area (Å²) in [6, 6.07) is 0. The molecule has 0 spiro atoms. The van der Waals surface area contributed by atoms with Crippen molar-refractivity contribution in [3.8, 4) is 0 Å². The molecule has 4 aliphatic rings. The third-order valence-corrected chi connectivity index (χ3v) is 8.03. The summed E-state index contributed by atoms with van der Waals surface area (Å²) in [5.41, 5.74) is 0. The molecule has 2 saturated heterocycles. The quantitative estimate of drug-likeness (QED) is 0.397. The second kappa shape index (κ2) is 5.60. The Labute approximate surface area is 141 Å². The highest BCUT2D eigenvalue weighted by Crippen LogP contribution is 2.68. The highest BCUT2D eigenvalue weighted by molar-refractivity contribution is 14.1. The van der Waals surface area contributed by atoms with Crippen LogP contribution in [0.2, 0.25) is 0 Å². The third kappa shape index (κ3) is 2.23. The van der Waals surface area contributed by atoms with Crippen LogP contribution in [0.5, 0.6) is 0 Å². The van der Waals surface area contributed by atoms with E-state index in [1.165, 1.54) is 38.5 Å². The Bertz CT molecular complexity index is 403. The van der Waals surface area contributed by atoms with Gasteiger partial charge in [-0.2, -0.15) is 0 Å². The third-order valence-electron chi connectivity index (χ3n) is 6.39. The number of hydrogen-bond donors (Lipinski definition) is 1. The Balaban J connectivity index is 1.36. The van der Waals surface area contributed by atoms with Gasteiger partial charge in [-0.15, -0.1) is 0 Å². The van der Waals surface area contributed by atoms with E-state index in [9.17, 15) is 5.11 Å². The van der Waals surface area contributed by atoms with Crippen LogP contribution >= 0.6 is 22.6 Å². The Morgan fingerprint density at radius 3 is 2.71 bits per heavy atom. The molecule has 0 aromatic rings. The van der Waals surface area contributed by atoms with Crippen LogP contribution in [-0.4, -0.2) is 27.2 Å². The molecule has 0 aromatic carbocycles. The normalized spacial score (nSPS) is 53.0. The molecule has 2 aliphatic carbocycles. The van der Waals surface area contributed by atoms with Crippen molar-refractivity contribution in [2.45, 2.75) is 80.4 Å². The fourth-order valence-corrected chi connectivity index (χ4v) is 6.97. The first-order valence-corrected chi connectivity index (χ1v) is 10.1. The molecule has 1 N–H and O–H groups in total. The molecule has 1 unspecified atom stereocenters. The molecule has 0 radical (unpaired) electrons. The molecule has 2 bridgehead atoms. The maximum Gasteiger partial charge on any atom is 0.172 e. The number of unbranched alkanes of at least 4 members (excludes halogenated alkanes) is 5. The molecular weight excluding hydrogens is 379 g/mol. The van der Waals surface area contributed by atoms with Crippen LogP contribution in [0.15, 0.2) is 0 Å². The lowest BCUT2D eigenvalue weighted by molar-refractivity contribution is -0.276. The Hall–Kier alpha value is 0.610. The minimum atomic E-state index is -0.895. The zero-order valence-electron chi connectivity index (χ0n) is 12.8. The van der Waals surface area contributed by atoms with Crippen molar-refractivity contribution in [1.29, 1.82) is 0 Å². The van der Waals surface area contributed by atoms with E-state index in [0.717, 1.165) is 12.8 Å². The number of aliphatic hydroxyl groups is 1. The molecule has 2 aliphatic heterocycles. The Kier molecular flexibility index (Phi) is 4.04. The van der Waals surface area contributed by atoms with Gasteiger partial charge in [-0.05, 0) is 24.7 Å². The first kappa shape index (κ1) is 15.2. The molecule has 21 heavy (non-hydrogen) atoms. The molecule has 0 amide bonds. The van der Waals surface area contributed by atoms with Crippen molar-refractivity contribution in [2.24, 2.45) is 23.7 Å². The Morgan fingerprint density at radius 1 is 1.14 bits per heavy atom. The van der Waals surface area contributed by atoms with E-state index < -0.39 is 5.79 Å². The summed E-state index contributed by atoms with van der Waals surface area (Å²) < 4.78 is 12.7. The van der Waals surface area contributed by atoms with Crippen molar-refractivity contribution >= 4 is 22.6 Å². The first-order valence-electron chi connectivity index (χ1n) is 8.85. The summed E-state index contributed by atoms with van der Waals surface area (Å²) in [7, 11) is 0. The van der Waals surface area contributed by atoms with E-state index in [4.69, 9.17) is 9.47 Å². The average molecular weight is 406 g/mol. The van der Waals surface area contributed by atoms with Gasteiger partial charge < -0.3 is 14.6 Å². The van der Waals surface area contributed by atoms with Gasteiger partial charge in [0.2, 0.25) is 0 Å². The highest BCUT2D eigenvalue weighted by atomic mass is 127. The van der Waals surface area contributed by atoms with E-state index >= 15 is 0 Å². The predicted octanol–water partition coefficient (Wildman–Crippen LogP) is 3.87. The van der Waals surface area contributed by atoms with Crippen LogP contribution < -0.4 is 0 Å². The number of hydrogen-bond acceptors (Lipinski definition) is 3. The lowest BCUT2D eigenvalue weighted by Crippen LogP contribution is -2.46. The molecule has 120 valence electrons. The van der Waals surface area contributed by atoms with Gasteiger partial charge in [0.05, 0.1) is 6.10 Å². The zero-order chi connectivity index (χ0) is 14.6. The maximum absolute atomic E-state index is 11.1. The van der Waals surface area contributed by atoms with Crippen LogP contribution in [0.1, 0.15) is 58.3 Å². The van der Waals surface area contributed by atoms with E-state index in [-0.39, 0.29) is 6.29 Å². The molecular formula is C17H27IO3. The molecule has 4 fully saturated rings. The number of alkyl halides is 1. The monoisotopic (exact) mass is 406 g/mol. The molecule has 2 heterocycles. The lowest BCUT2D eigenvalue weighted by atomic mass is 9.75. The summed E-state index contributed by atoms with van der Waals surface area (Å²) in [5.74, 6) is 1.20. The first-order chi connectivity index (χ1) is 10.2. The molecule has 4 rings (SSSR count). The van der Waals surface area contributed by atoms with E-state index in [1.807, 2.05) is 0 Å². The SMILES string of the molecule is CCCCCCCC[C@]1(O)O[C@@H]2O[C@@H]3[C@@H](I)[C@H]4C[C@@H]3[C@@H]2C41. The van der Waals surface area contributed by atoms with Crippen molar-refractivity contribution in [3.63, 3.8) is 0 Å². The van der Waals surface area contributed by atoms with Crippen molar-refractivity contribution in [3.05, 3.63) is 0 Å². The smallest absolute Gasteiger partial charge is 0.172 e. The van der Waals surface area contributed by atoms with Gasteiger partial charge >= 0.3 is 0 Å². The molecule has 0 aromatic heterocycles.